The van der Waals surface area contributed by atoms with E-state index in [0.29, 0.717) is 5.56 Å². The molecule has 0 aromatic heterocycles. The van der Waals surface area contributed by atoms with Crippen molar-refractivity contribution in [2.24, 2.45) is 0 Å². The molecule has 0 atom stereocenters. The van der Waals surface area contributed by atoms with Gasteiger partial charge in [0.2, 0.25) is 11.6 Å². The van der Waals surface area contributed by atoms with Gasteiger partial charge < -0.3 is 0 Å². The van der Waals surface area contributed by atoms with Gasteiger partial charge in [0.15, 0.2) is 0 Å². The topological polar surface area (TPSA) is 34.1 Å². The van der Waals surface area contributed by atoms with Crippen molar-refractivity contribution in [3.05, 3.63) is 35.4 Å². The summed E-state index contributed by atoms with van der Waals surface area (Å²) in [6.07, 6.45) is 0. The number of ketones is 2. The van der Waals surface area contributed by atoms with Gasteiger partial charge in [-0.2, -0.15) is 0 Å². The third-order valence-electron chi connectivity index (χ3n) is 1.69. The number of hydrogen-bond donors (Lipinski definition) is 0. The highest BCUT2D eigenvalue weighted by molar-refractivity contribution is 6.51. The Kier molecular flexibility index (Phi) is 3.20. The van der Waals surface area contributed by atoms with Crippen LogP contribution < -0.4 is 0 Å². The van der Waals surface area contributed by atoms with Gasteiger partial charge in [-0.05, 0) is 6.92 Å². The number of hydrogen-bond acceptors (Lipinski definition) is 2. The van der Waals surface area contributed by atoms with Crippen molar-refractivity contribution in [3.8, 4) is 0 Å². The summed E-state index contributed by atoms with van der Waals surface area (Å²) < 4.78 is 0. The number of halogens is 1. The van der Waals surface area contributed by atoms with Crippen LogP contribution in [0.5, 0.6) is 0 Å². The zero-order chi connectivity index (χ0) is 9.84. The second kappa shape index (κ2) is 4.19. The second-order valence-corrected chi connectivity index (χ2v) is 3.02. The molecule has 0 radical (unpaired) electrons. The molecule has 0 fully saturated rings. The molecule has 1 rings (SSSR count). The van der Waals surface area contributed by atoms with Crippen molar-refractivity contribution in [2.45, 2.75) is 6.92 Å². The molecule has 0 N–H and O–H groups in total. The van der Waals surface area contributed by atoms with E-state index in [-0.39, 0.29) is 5.88 Å². The number of carbonyl (C=O) groups excluding carboxylic acids is 2. The number of alkyl halides is 1. The van der Waals surface area contributed by atoms with E-state index in [2.05, 4.69) is 0 Å². The maximum absolute atomic E-state index is 11.3. The lowest BCUT2D eigenvalue weighted by Gasteiger charge is -1.97. The lowest BCUT2D eigenvalue weighted by molar-refractivity contribution is -0.112. The molecule has 0 amide bonds. The zero-order valence-corrected chi connectivity index (χ0v) is 7.97. The molecule has 0 aliphatic rings. The van der Waals surface area contributed by atoms with Crippen LogP contribution in [0.2, 0.25) is 0 Å². The summed E-state index contributed by atoms with van der Waals surface area (Å²) in [5.41, 5.74) is 1.45. The largest absolute Gasteiger partial charge is 0.289 e. The first-order valence-electron chi connectivity index (χ1n) is 3.85. The van der Waals surface area contributed by atoms with E-state index in [9.17, 15) is 9.59 Å². The van der Waals surface area contributed by atoms with Gasteiger partial charge in [0.25, 0.3) is 0 Å². The van der Waals surface area contributed by atoms with Gasteiger partial charge in [0.05, 0.1) is 5.88 Å². The van der Waals surface area contributed by atoms with Crippen LogP contribution in [0.3, 0.4) is 0 Å². The third-order valence-corrected chi connectivity index (χ3v) is 1.93. The molecule has 0 spiro atoms. The van der Waals surface area contributed by atoms with Gasteiger partial charge >= 0.3 is 0 Å². The summed E-state index contributed by atoms with van der Waals surface area (Å²) >= 11 is 5.26. The molecule has 0 saturated carbocycles. The van der Waals surface area contributed by atoms with E-state index in [4.69, 9.17) is 11.6 Å². The van der Waals surface area contributed by atoms with Gasteiger partial charge in [0.1, 0.15) is 0 Å². The van der Waals surface area contributed by atoms with Crippen LogP contribution >= 0.6 is 11.6 Å². The Balaban J connectivity index is 2.90. The molecular formula is C10H9ClO2. The predicted molar refractivity (Wildman–Crippen MR) is 51.2 cm³/mol. The van der Waals surface area contributed by atoms with E-state index in [1.54, 1.807) is 24.3 Å². The molecule has 68 valence electrons. The Bertz CT molecular complexity index is 327. The summed E-state index contributed by atoms with van der Waals surface area (Å²) in [6.45, 7) is 1.91. The fourth-order valence-corrected chi connectivity index (χ4v) is 1.05. The van der Waals surface area contributed by atoms with Crippen LogP contribution in [-0.4, -0.2) is 17.4 Å². The molecule has 3 heteroatoms. The Labute approximate surface area is 81.5 Å². The van der Waals surface area contributed by atoms with E-state index in [0.717, 1.165) is 5.56 Å². The summed E-state index contributed by atoms with van der Waals surface area (Å²) in [5, 5.41) is 0. The van der Waals surface area contributed by atoms with Gasteiger partial charge in [-0.15, -0.1) is 11.6 Å². The molecule has 2 nitrogen and oxygen atoms in total. The molecular weight excluding hydrogens is 188 g/mol. The summed E-state index contributed by atoms with van der Waals surface area (Å²) in [4.78, 5) is 22.2. The maximum atomic E-state index is 11.3. The Morgan fingerprint density at radius 3 is 2.23 bits per heavy atom. The summed E-state index contributed by atoms with van der Waals surface area (Å²) in [5.74, 6) is -1.34. The molecule has 0 saturated heterocycles. The Morgan fingerprint density at radius 1 is 1.23 bits per heavy atom. The van der Waals surface area contributed by atoms with Crippen LogP contribution in [-0.2, 0) is 4.79 Å². The fourth-order valence-electron chi connectivity index (χ4n) is 0.927. The zero-order valence-electron chi connectivity index (χ0n) is 7.21. The Morgan fingerprint density at radius 2 is 1.77 bits per heavy atom. The second-order valence-electron chi connectivity index (χ2n) is 2.75. The molecule has 1 aromatic rings. The number of carbonyl (C=O) groups is 2. The van der Waals surface area contributed by atoms with Gasteiger partial charge in [-0.1, -0.05) is 29.8 Å². The van der Waals surface area contributed by atoms with Crippen molar-refractivity contribution in [3.63, 3.8) is 0 Å². The average molecular weight is 197 g/mol. The third kappa shape index (κ3) is 2.39. The first-order valence-corrected chi connectivity index (χ1v) is 4.38. The molecule has 0 aliphatic heterocycles. The lowest BCUT2D eigenvalue weighted by atomic mass is 10.1. The van der Waals surface area contributed by atoms with Crippen LogP contribution in [0, 0.1) is 6.92 Å². The number of benzene rings is 1. The first kappa shape index (κ1) is 9.93. The minimum absolute atomic E-state index is 0.257. The van der Waals surface area contributed by atoms with Gasteiger partial charge in [-0.3, -0.25) is 9.59 Å². The van der Waals surface area contributed by atoms with Crippen molar-refractivity contribution in [1.29, 1.82) is 0 Å². The molecule has 0 aliphatic carbocycles. The Hall–Kier alpha value is -1.15. The van der Waals surface area contributed by atoms with E-state index >= 15 is 0 Å². The highest BCUT2D eigenvalue weighted by atomic mass is 35.5. The minimum atomic E-state index is -0.564. The van der Waals surface area contributed by atoms with Crippen LogP contribution in [0.1, 0.15) is 15.9 Å². The van der Waals surface area contributed by atoms with Gasteiger partial charge in [-0.25, -0.2) is 0 Å². The quantitative estimate of drug-likeness (QED) is 0.421. The molecule has 0 unspecified atom stereocenters. The SMILES string of the molecule is Cc1ccc(C(=O)C(=O)CCl)cc1. The molecule has 13 heavy (non-hydrogen) atoms. The normalized spacial score (nSPS) is 9.69. The smallest absolute Gasteiger partial charge is 0.229 e. The van der Waals surface area contributed by atoms with Crippen LogP contribution in [0.4, 0.5) is 0 Å². The van der Waals surface area contributed by atoms with Crippen molar-refractivity contribution in [1.82, 2.24) is 0 Å². The highest BCUT2D eigenvalue weighted by Gasteiger charge is 2.13. The number of aryl methyl sites for hydroxylation is 1. The van der Waals surface area contributed by atoms with Crippen molar-refractivity contribution < 1.29 is 9.59 Å². The van der Waals surface area contributed by atoms with Crippen LogP contribution in [0.15, 0.2) is 24.3 Å². The van der Waals surface area contributed by atoms with E-state index in [1.165, 1.54) is 0 Å². The molecule has 1 aromatic carbocycles. The fraction of sp³-hybridized carbons (Fsp3) is 0.200. The van der Waals surface area contributed by atoms with Crippen molar-refractivity contribution in [2.75, 3.05) is 5.88 Å². The minimum Gasteiger partial charge on any atom is -0.289 e. The highest BCUT2D eigenvalue weighted by Crippen LogP contribution is 2.04. The average Bonchev–Trinajstić information content (AvgIpc) is 2.17. The lowest BCUT2D eigenvalue weighted by Crippen LogP contribution is -2.15. The van der Waals surface area contributed by atoms with Gasteiger partial charge in [0, 0.05) is 5.56 Å². The maximum Gasteiger partial charge on any atom is 0.229 e. The standard InChI is InChI=1S/C10H9ClO2/c1-7-2-4-8(5-3-7)10(13)9(12)6-11/h2-5H,6H2,1H3. The monoisotopic (exact) mass is 196 g/mol. The van der Waals surface area contributed by atoms with E-state index in [1.807, 2.05) is 6.92 Å². The van der Waals surface area contributed by atoms with E-state index < -0.39 is 11.6 Å². The van der Waals surface area contributed by atoms with Crippen LogP contribution in [0.25, 0.3) is 0 Å². The first-order chi connectivity index (χ1) is 6.15. The molecule has 0 bridgehead atoms. The number of rotatable bonds is 3. The predicted octanol–water partition coefficient (Wildman–Crippen LogP) is 1.99. The molecule has 0 heterocycles. The summed E-state index contributed by atoms with van der Waals surface area (Å²) in [6, 6.07) is 6.83. The number of Topliss-reactive ketones (excluding diaryl/α,β-unsaturated/α-hetero) is 2. The van der Waals surface area contributed by atoms with Crippen molar-refractivity contribution >= 4 is 23.2 Å². The summed E-state index contributed by atoms with van der Waals surface area (Å²) in [7, 11) is 0.